The second-order valence-corrected chi connectivity index (χ2v) is 4.84. The Bertz CT molecular complexity index is 572. The highest BCUT2D eigenvalue weighted by Gasteiger charge is 2.15. The summed E-state index contributed by atoms with van der Waals surface area (Å²) in [5.74, 6) is 0. The Hall–Kier alpha value is -1.05. The summed E-state index contributed by atoms with van der Waals surface area (Å²) < 4.78 is 20.1. The fourth-order valence-corrected chi connectivity index (χ4v) is 2.99. The van der Waals surface area contributed by atoms with E-state index in [0.717, 1.165) is 11.3 Å². The maximum atomic E-state index is 11.4. The Morgan fingerprint density at radius 1 is 1.64 bits per heavy atom. The number of thiophene rings is 1. The predicted octanol–water partition coefficient (Wildman–Crippen LogP) is 0.874. The third-order valence-corrected chi connectivity index (χ3v) is 4.14. The van der Waals surface area contributed by atoms with Crippen LogP contribution in [0.2, 0.25) is 0 Å². The number of aryl methyl sites for hydroxylation is 1. The van der Waals surface area contributed by atoms with Crippen LogP contribution in [0.4, 0.5) is 0 Å². The van der Waals surface area contributed by atoms with E-state index in [4.69, 9.17) is 4.55 Å². The fraction of sp³-hybridized carbons (Fsp3) is 0.143. The highest BCUT2D eigenvalue weighted by molar-refractivity contribution is 7.82. The number of fused-ring (bicyclic) bond motifs is 1. The fourth-order valence-electron chi connectivity index (χ4n) is 1.22. The van der Waals surface area contributed by atoms with Gasteiger partial charge in [-0.1, -0.05) is 0 Å². The molecule has 0 bridgehead atoms. The molecule has 74 valence electrons. The van der Waals surface area contributed by atoms with Crippen molar-refractivity contribution in [2.45, 2.75) is 11.1 Å². The van der Waals surface area contributed by atoms with E-state index in [1.165, 1.54) is 6.33 Å². The number of nitrogens with one attached hydrogen (secondary N) is 1. The molecule has 1 unspecified atom stereocenters. The van der Waals surface area contributed by atoms with Gasteiger partial charge in [-0.25, -0.2) is 9.19 Å². The van der Waals surface area contributed by atoms with Gasteiger partial charge in [-0.15, -0.1) is 11.3 Å². The molecular formula is C7H6N2O3S2. The van der Waals surface area contributed by atoms with Gasteiger partial charge >= 0.3 is 0 Å². The number of aromatic amines is 1. The smallest absolute Gasteiger partial charge is 0.259 e. The molecule has 1 atom stereocenters. The van der Waals surface area contributed by atoms with Gasteiger partial charge in [0.1, 0.15) is 9.04 Å². The third-order valence-electron chi connectivity index (χ3n) is 1.85. The Kier molecular flexibility index (Phi) is 2.22. The van der Waals surface area contributed by atoms with Crippen molar-refractivity contribution in [3.8, 4) is 0 Å². The molecule has 0 saturated carbocycles. The minimum Gasteiger partial charge on any atom is -0.313 e. The molecule has 0 radical (unpaired) electrons. The molecule has 2 heterocycles. The van der Waals surface area contributed by atoms with Crippen LogP contribution in [0.5, 0.6) is 0 Å². The van der Waals surface area contributed by atoms with E-state index in [9.17, 15) is 9.00 Å². The molecule has 14 heavy (non-hydrogen) atoms. The lowest BCUT2D eigenvalue weighted by molar-refractivity contribution is 0.566. The van der Waals surface area contributed by atoms with Crippen molar-refractivity contribution in [3.05, 3.63) is 22.2 Å². The first-order valence-corrected chi connectivity index (χ1v) is 5.61. The average molecular weight is 230 g/mol. The molecule has 2 aromatic heterocycles. The summed E-state index contributed by atoms with van der Waals surface area (Å²) in [5, 5.41) is 0.398. The molecule has 5 nitrogen and oxygen atoms in total. The Labute approximate surface area is 85.1 Å². The largest absolute Gasteiger partial charge is 0.313 e. The normalized spacial score (nSPS) is 13.3. The van der Waals surface area contributed by atoms with Crippen LogP contribution in [0.1, 0.15) is 5.56 Å². The molecule has 0 spiro atoms. The molecule has 0 aliphatic heterocycles. The summed E-state index contributed by atoms with van der Waals surface area (Å²) in [7, 11) is 0. The summed E-state index contributed by atoms with van der Waals surface area (Å²) in [5.41, 5.74) is 0.251. The van der Waals surface area contributed by atoms with Crippen LogP contribution in [-0.4, -0.2) is 18.7 Å². The molecule has 0 aliphatic carbocycles. The highest BCUT2D eigenvalue weighted by atomic mass is 32.2. The van der Waals surface area contributed by atoms with E-state index in [0.29, 0.717) is 15.8 Å². The van der Waals surface area contributed by atoms with E-state index in [-0.39, 0.29) is 9.77 Å². The standard InChI is InChI=1S/C7H6N2O3S2/c1-3-4-5(10)8-2-9-6(4)13-7(3)14(11)12/h2H,1H3,(H,11,12)(H,8,9,10). The maximum Gasteiger partial charge on any atom is 0.259 e. The number of hydrogen-bond acceptors (Lipinski definition) is 4. The number of aromatic nitrogens is 2. The van der Waals surface area contributed by atoms with E-state index in [2.05, 4.69) is 9.97 Å². The van der Waals surface area contributed by atoms with Crippen molar-refractivity contribution in [3.63, 3.8) is 0 Å². The summed E-state index contributed by atoms with van der Waals surface area (Å²) in [6.07, 6.45) is 1.28. The summed E-state index contributed by atoms with van der Waals surface area (Å²) >= 11 is -0.991. The van der Waals surface area contributed by atoms with Gasteiger partial charge in [0, 0.05) is 0 Å². The molecule has 2 aromatic rings. The van der Waals surface area contributed by atoms with Crippen molar-refractivity contribution >= 4 is 32.6 Å². The molecule has 0 amide bonds. The summed E-state index contributed by atoms with van der Waals surface area (Å²) in [6, 6.07) is 0. The lowest BCUT2D eigenvalue weighted by Gasteiger charge is -1.89. The zero-order valence-corrected chi connectivity index (χ0v) is 8.74. The van der Waals surface area contributed by atoms with Gasteiger partial charge in [0.05, 0.1) is 11.7 Å². The van der Waals surface area contributed by atoms with Crippen molar-refractivity contribution in [2.24, 2.45) is 0 Å². The first kappa shape index (κ1) is 9.50. The van der Waals surface area contributed by atoms with Gasteiger partial charge in [0.2, 0.25) is 0 Å². The third kappa shape index (κ3) is 1.29. The summed E-state index contributed by atoms with van der Waals surface area (Å²) in [4.78, 5) is 18.2. The Balaban J connectivity index is 2.94. The highest BCUT2D eigenvalue weighted by Crippen LogP contribution is 2.28. The van der Waals surface area contributed by atoms with E-state index < -0.39 is 11.1 Å². The molecular weight excluding hydrogens is 224 g/mol. The lowest BCUT2D eigenvalue weighted by atomic mass is 10.3. The van der Waals surface area contributed by atoms with Gasteiger partial charge in [-0.05, 0) is 12.5 Å². The predicted molar refractivity (Wildman–Crippen MR) is 54.0 cm³/mol. The van der Waals surface area contributed by atoms with Crippen LogP contribution in [-0.2, 0) is 11.1 Å². The molecule has 0 aromatic carbocycles. The van der Waals surface area contributed by atoms with Gasteiger partial charge in [-0.2, -0.15) is 0 Å². The van der Waals surface area contributed by atoms with E-state index in [1.807, 2.05) is 0 Å². The number of rotatable bonds is 1. The molecule has 7 heteroatoms. The number of nitrogens with zero attached hydrogens (tertiary/aromatic N) is 1. The molecule has 2 rings (SSSR count). The van der Waals surface area contributed by atoms with Crippen molar-refractivity contribution in [2.75, 3.05) is 0 Å². The average Bonchev–Trinajstić information content (AvgIpc) is 2.45. The van der Waals surface area contributed by atoms with E-state index >= 15 is 0 Å². The van der Waals surface area contributed by atoms with Gasteiger partial charge in [0.15, 0.2) is 11.1 Å². The first-order valence-electron chi connectivity index (χ1n) is 3.69. The van der Waals surface area contributed by atoms with Gasteiger partial charge < -0.3 is 9.54 Å². The zero-order chi connectivity index (χ0) is 10.3. The van der Waals surface area contributed by atoms with Crippen molar-refractivity contribution in [1.29, 1.82) is 0 Å². The van der Waals surface area contributed by atoms with Crippen LogP contribution < -0.4 is 5.56 Å². The van der Waals surface area contributed by atoms with Crippen LogP contribution in [0.15, 0.2) is 15.3 Å². The van der Waals surface area contributed by atoms with Crippen molar-refractivity contribution < 1.29 is 8.76 Å². The Morgan fingerprint density at radius 3 is 2.93 bits per heavy atom. The topological polar surface area (TPSA) is 83.0 Å². The number of hydrogen-bond donors (Lipinski definition) is 2. The van der Waals surface area contributed by atoms with Crippen molar-refractivity contribution in [1.82, 2.24) is 9.97 Å². The molecule has 0 fully saturated rings. The van der Waals surface area contributed by atoms with Crippen LogP contribution in [0, 0.1) is 6.92 Å². The first-order chi connectivity index (χ1) is 6.61. The van der Waals surface area contributed by atoms with Crippen LogP contribution in [0.3, 0.4) is 0 Å². The second kappa shape index (κ2) is 3.26. The second-order valence-electron chi connectivity index (χ2n) is 2.68. The summed E-state index contributed by atoms with van der Waals surface area (Å²) in [6.45, 7) is 1.64. The number of H-pyrrole nitrogens is 1. The monoisotopic (exact) mass is 230 g/mol. The lowest BCUT2D eigenvalue weighted by Crippen LogP contribution is -2.05. The SMILES string of the molecule is Cc1c(S(=O)O)sc2nc[nH]c(=O)c12. The molecule has 0 aliphatic rings. The van der Waals surface area contributed by atoms with Crippen LogP contribution >= 0.6 is 11.3 Å². The van der Waals surface area contributed by atoms with Gasteiger partial charge in [-0.3, -0.25) is 4.79 Å². The maximum absolute atomic E-state index is 11.4. The van der Waals surface area contributed by atoms with Gasteiger partial charge in [0.25, 0.3) is 5.56 Å². The van der Waals surface area contributed by atoms with E-state index in [1.54, 1.807) is 6.92 Å². The van der Waals surface area contributed by atoms with Crippen LogP contribution in [0.25, 0.3) is 10.2 Å². The molecule has 2 N–H and O–H groups in total. The minimum atomic E-state index is -2.06. The Morgan fingerprint density at radius 2 is 2.36 bits per heavy atom. The molecule has 0 saturated heterocycles. The minimum absolute atomic E-state index is 0.277. The quantitative estimate of drug-likeness (QED) is 0.712. The zero-order valence-electron chi connectivity index (χ0n) is 7.10.